The molecule has 1 N–H and O–H groups in total. The highest BCUT2D eigenvalue weighted by Gasteiger charge is 2.31. The fourth-order valence-corrected chi connectivity index (χ4v) is 4.43. The molecule has 5 nitrogen and oxygen atoms in total. The minimum absolute atomic E-state index is 0.108. The summed E-state index contributed by atoms with van der Waals surface area (Å²) in [4.78, 5) is 17.9. The molecule has 30 heavy (non-hydrogen) atoms. The number of aromatic nitrogens is 1. The largest absolute Gasteiger partial charge is 0.353 e. The topological polar surface area (TPSA) is 60.8 Å². The van der Waals surface area contributed by atoms with Crippen LogP contribution in [0.25, 0.3) is 10.9 Å². The average Bonchev–Trinajstić information content (AvgIpc) is 3.22. The van der Waals surface area contributed by atoms with Gasteiger partial charge in [0.25, 0.3) is 5.91 Å². The molecule has 0 saturated heterocycles. The molecule has 2 aromatic carbocycles. The van der Waals surface area contributed by atoms with Gasteiger partial charge in [0.2, 0.25) is 0 Å². The van der Waals surface area contributed by atoms with Gasteiger partial charge in [-0.1, -0.05) is 45.0 Å². The lowest BCUT2D eigenvalue weighted by atomic mass is 9.85. The molecule has 0 fully saturated rings. The third-order valence-electron chi connectivity index (χ3n) is 6.20. The van der Waals surface area contributed by atoms with Crippen LogP contribution in [0.2, 0.25) is 0 Å². The van der Waals surface area contributed by atoms with Crippen molar-refractivity contribution in [2.24, 2.45) is 10.2 Å². The van der Waals surface area contributed by atoms with Gasteiger partial charge in [0.1, 0.15) is 0 Å². The van der Waals surface area contributed by atoms with Gasteiger partial charge in [-0.15, -0.1) is 5.10 Å². The van der Waals surface area contributed by atoms with E-state index in [-0.39, 0.29) is 11.3 Å². The maximum atomic E-state index is 12.7. The van der Waals surface area contributed by atoms with E-state index in [1.807, 2.05) is 24.3 Å². The number of nitrogens with one attached hydrogen (secondary N) is 1. The molecule has 1 amide bonds. The molecule has 0 saturated carbocycles. The molecular weight excluding hydrogens is 372 g/mol. The summed E-state index contributed by atoms with van der Waals surface area (Å²) in [6, 6.07) is 14.4. The molecule has 5 heteroatoms. The van der Waals surface area contributed by atoms with Gasteiger partial charge in [-0.25, -0.2) is 0 Å². The Morgan fingerprint density at radius 2 is 1.83 bits per heavy atom. The number of H-pyrrole nitrogens is 1. The predicted octanol–water partition coefficient (Wildman–Crippen LogP) is 4.97. The number of fused-ring (bicyclic) bond motifs is 4. The van der Waals surface area contributed by atoms with Crippen LogP contribution in [0.3, 0.4) is 0 Å². The number of amides is 1. The van der Waals surface area contributed by atoms with Gasteiger partial charge in [-0.2, -0.15) is 5.10 Å². The first kappa shape index (κ1) is 18.8. The number of anilines is 1. The van der Waals surface area contributed by atoms with Crippen molar-refractivity contribution in [3.05, 3.63) is 64.8 Å². The van der Waals surface area contributed by atoms with Crippen molar-refractivity contribution < 1.29 is 4.79 Å². The van der Waals surface area contributed by atoms with Crippen molar-refractivity contribution in [2.75, 3.05) is 11.9 Å². The van der Waals surface area contributed by atoms with Crippen LogP contribution in [0.5, 0.6) is 0 Å². The van der Waals surface area contributed by atoms with E-state index >= 15 is 0 Å². The van der Waals surface area contributed by atoms with Gasteiger partial charge in [0.15, 0.2) is 5.71 Å². The van der Waals surface area contributed by atoms with E-state index in [0.29, 0.717) is 5.71 Å². The molecule has 0 spiro atoms. The lowest BCUT2D eigenvalue weighted by Gasteiger charge is -2.19. The van der Waals surface area contributed by atoms with Crippen molar-refractivity contribution in [3.63, 3.8) is 0 Å². The van der Waals surface area contributed by atoms with Crippen molar-refractivity contribution in [3.8, 4) is 0 Å². The SMILES string of the molecule is CN1C(=O)/C(=N/N=C2\CCCc3c2[nH]c2ccc(C(C)(C)C)cc32)c2ccccc21. The van der Waals surface area contributed by atoms with Crippen molar-refractivity contribution >= 4 is 33.9 Å². The Kier molecular flexibility index (Phi) is 4.17. The summed E-state index contributed by atoms with van der Waals surface area (Å²) in [7, 11) is 1.78. The van der Waals surface area contributed by atoms with Gasteiger partial charge < -0.3 is 9.88 Å². The summed E-state index contributed by atoms with van der Waals surface area (Å²) in [6.07, 6.45) is 2.92. The first-order valence-electron chi connectivity index (χ1n) is 10.5. The van der Waals surface area contributed by atoms with Gasteiger partial charge in [0.05, 0.1) is 17.1 Å². The highest BCUT2D eigenvalue weighted by molar-refractivity contribution is 6.54. The van der Waals surface area contributed by atoms with E-state index in [0.717, 1.165) is 47.4 Å². The molecule has 2 aliphatic rings. The van der Waals surface area contributed by atoms with E-state index in [4.69, 9.17) is 0 Å². The average molecular weight is 399 g/mol. The number of hydrogen-bond acceptors (Lipinski definition) is 3. The summed E-state index contributed by atoms with van der Waals surface area (Å²) in [5.74, 6) is -0.108. The zero-order valence-electron chi connectivity index (χ0n) is 17.9. The molecule has 2 heterocycles. The number of para-hydroxylation sites is 1. The number of nitrogens with zero attached hydrogens (tertiary/aromatic N) is 3. The van der Waals surface area contributed by atoms with E-state index < -0.39 is 0 Å². The minimum Gasteiger partial charge on any atom is -0.353 e. The number of carbonyl (C=O) groups is 1. The zero-order chi connectivity index (χ0) is 21.0. The Balaban J connectivity index is 1.59. The number of rotatable bonds is 1. The smallest absolute Gasteiger partial charge is 0.279 e. The quantitative estimate of drug-likeness (QED) is 0.578. The normalized spacial score (nSPS) is 19.1. The summed E-state index contributed by atoms with van der Waals surface area (Å²) in [5.41, 5.74) is 8.03. The summed E-state index contributed by atoms with van der Waals surface area (Å²) >= 11 is 0. The monoisotopic (exact) mass is 398 g/mol. The third-order valence-corrected chi connectivity index (χ3v) is 6.20. The van der Waals surface area contributed by atoms with Gasteiger partial charge in [0, 0.05) is 23.5 Å². The molecular formula is C25H26N4O. The van der Waals surface area contributed by atoms with Crippen molar-refractivity contribution in [1.29, 1.82) is 0 Å². The second-order valence-electron chi connectivity index (χ2n) is 9.22. The van der Waals surface area contributed by atoms with Crippen LogP contribution in [0, 0.1) is 0 Å². The first-order valence-corrected chi connectivity index (χ1v) is 10.5. The summed E-state index contributed by atoms with van der Waals surface area (Å²) < 4.78 is 0. The Bertz CT molecular complexity index is 1240. The molecule has 152 valence electrons. The van der Waals surface area contributed by atoms with Crippen LogP contribution in [0.1, 0.15) is 56.0 Å². The lowest BCUT2D eigenvalue weighted by molar-refractivity contribution is -0.111. The fourth-order valence-electron chi connectivity index (χ4n) is 4.43. The molecule has 1 aliphatic carbocycles. The highest BCUT2D eigenvalue weighted by Crippen LogP contribution is 2.33. The van der Waals surface area contributed by atoms with Crippen LogP contribution < -0.4 is 4.90 Å². The fraction of sp³-hybridized carbons (Fsp3) is 0.320. The maximum Gasteiger partial charge on any atom is 0.279 e. The van der Waals surface area contributed by atoms with Crippen molar-refractivity contribution in [2.45, 2.75) is 45.4 Å². The first-order chi connectivity index (χ1) is 14.3. The second-order valence-corrected chi connectivity index (χ2v) is 9.22. The number of aromatic amines is 1. The number of hydrogen-bond donors (Lipinski definition) is 1. The predicted molar refractivity (Wildman–Crippen MR) is 123 cm³/mol. The molecule has 1 aromatic heterocycles. The summed E-state index contributed by atoms with van der Waals surface area (Å²) in [5, 5.41) is 10.3. The van der Waals surface area contributed by atoms with E-state index in [1.54, 1.807) is 11.9 Å². The van der Waals surface area contributed by atoms with Crippen LogP contribution >= 0.6 is 0 Å². The number of aryl methyl sites for hydroxylation is 1. The number of likely N-dealkylation sites (N-methyl/N-ethyl adjacent to an activating group) is 1. The van der Waals surface area contributed by atoms with Crippen LogP contribution in [-0.2, 0) is 16.6 Å². The van der Waals surface area contributed by atoms with Gasteiger partial charge in [-0.05, 0) is 54.0 Å². The molecule has 0 unspecified atom stereocenters. The Labute approximate surface area is 176 Å². The van der Waals surface area contributed by atoms with Gasteiger partial charge >= 0.3 is 0 Å². The molecule has 0 atom stereocenters. The van der Waals surface area contributed by atoms with E-state index in [1.165, 1.54) is 16.5 Å². The van der Waals surface area contributed by atoms with Gasteiger partial charge in [-0.3, -0.25) is 4.79 Å². The number of carbonyl (C=O) groups excluding carboxylic acids is 1. The number of benzene rings is 2. The second kappa shape index (κ2) is 6.66. The van der Waals surface area contributed by atoms with E-state index in [2.05, 4.69) is 54.2 Å². The van der Waals surface area contributed by atoms with Crippen LogP contribution in [-0.4, -0.2) is 29.4 Å². The Morgan fingerprint density at radius 1 is 1.03 bits per heavy atom. The maximum absolute atomic E-state index is 12.7. The molecule has 0 bridgehead atoms. The lowest BCUT2D eigenvalue weighted by Crippen LogP contribution is -2.25. The molecule has 3 aromatic rings. The Hall–Kier alpha value is -3.21. The van der Waals surface area contributed by atoms with Crippen molar-refractivity contribution in [1.82, 2.24) is 4.98 Å². The minimum atomic E-state index is -0.108. The standard InChI is InChI=1S/C25H26N4O/c1-25(2,3)15-12-13-19-18(14-15)16-9-7-10-20(22(16)26-19)27-28-23-17-8-5-6-11-21(17)29(4)24(23)30/h5-6,8,11-14,26H,7,9-10H2,1-4H3/b27-20+,28-23+. The third kappa shape index (κ3) is 2.88. The molecule has 5 rings (SSSR count). The van der Waals surface area contributed by atoms with Crippen LogP contribution in [0.4, 0.5) is 5.69 Å². The Morgan fingerprint density at radius 3 is 2.63 bits per heavy atom. The van der Waals surface area contributed by atoms with Crippen LogP contribution in [0.15, 0.2) is 52.7 Å². The zero-order valence-corrected chi connectivity index (χ0v) is 17.9. The summed E-state index contributed by atoms with van der Waals surface area (Å²) in [6.45, 7) is 6.72. The van der Waals surface area contributed by atoms with E-state index in [9.17, 15) is 4.79 Å². The highest BCUT2D eigenvalue weighted by atomic mass is 16.2. The molecule has 1 aliphatic heterocycles. The molecule has 0 radical (unpaired) electrons.